The average Bonchev–Trinajstić information content (AvgIpc) is 2.37. The zero-order chi connectivity index (χ0) is 12.3. The molecule has 0 bridgehead atoms. The lowest BCUT2D eigenvalue weighted by molar-refractivity contribution is -0.123. The molecule has 2 N–H and O–H groups in total. The molecule has 0 fully saturated rings. The Morgan fingerprint density at radius 1 is 1.59 bits per heavy atom. The van der Waals surface area contributed by atoms with Crippen LogP contribution in [-0.2, 0) is 11.2 Å². The van der Waals surface area contributed by atoms with Gasteiger partial charge >= 0.3 is 0 Å². The van der Waals surface area contributed by atoms with Gasteiger partial charge in [0.05, 0.1) is 0 Å². The van der Waals surface area contributed by atoms with Crippen LogP contribution in [0.5, 0.6) is 0 Å². The predicted octanol–water partition coefficient (Wildman–Crippen LogP) is 1.56. The van der Waals surface area contributed by atoms with Crippen LogP contribution < -0.4 is 10.6 Å². The molecule has 2 unspecified atom stereocenters. The van der Waals surface area contributed by atoms with Gasteiger partial charge in [-0.3, -0.25) is 4.79 Å². The van der Waals surface area contributed by atoms with Crippen LogP contribution in [-0.4, -0.2) is 18.5 Å². The van der Waals surface area contributed by atoms with Crippen molar-refractivity contribution in [1.29, 1.82) is 0 Å². The molecule has 3 nitrogen and oxygen atoms in total. The summed E-state index contributed by atoms with van der Waals surface area (Å²) in [7, 11) is 0. The van der Waals surface area contributed by atoms with E-state index in [9.17, 15) is 4.79 Å². The first kappa shape index (κ1) is 11.9. The summed E-state index contributed by atoms with van der Waals surface area (Å²) in [6, 6.07) is 7.87. The number of hydrogen-bond acceptors (Lipinski definition) is 2. The molecule has 2 rings (SSSR count). The number of benzene rings is 1. The summed E-state index contributed by atoms with van der Waals surface area (Å²) in [6.07, 6.45) is 2.71. The lowest BCUT2D eigenvalue weighted by Crippen LogP contribution is -2.43. The Morgan fingerprint density at radius 2 is 2.35 bits per heavy atom. The average molecular weight is 230 g/mol. The fourth-order valence-corrected chi connectivity index (χ4v) is 2.11. The third kappa shape index (κ3) is 2.56. The van der Waals surface area contributed by atoms with Crippen molar-refractivity contribution in [2.75, 3.05) is 6.54 Å². The van der Waals surface area contributed by atoms with Gasteiger partial charge in [0.1, 0.15) is 6.04 Å². The predicted molar refractivity (Wildman–Crippen MR) is 68.7 cm³/mol. The van der Waals surface area contributed by atoms with E-state index in [1.807, 2.05) is 25.1 Å². The molecule has 0 saturated carbocycles. The van der Waals surface area contributed by atoms with E-state index in [0.717, 1.165) is 18.5 Å². The summed E-state index contributed by atoms with van der Waals surface area (Å²) in [4.78, 5) is 12.1. The molecule has 1 aliphatic rings. The number of nitrogens with one attached hydrogen (secondary N) is 2. The monoisotopic (exact) mass is 230 g/mol. The topological polar surface area (TPSA) is 41.1 Å². The molecule has 0 aliphatic carbocycles. The van der Waals surface area contributed by atoms with Crippen LogP contribution in [0.3, 0.4) is 0 Å². The summed E-state index contributed by atoms with van der Waals surface area (Å²) in [5, 5.41) is 6.18. The SMILES string of the molecule is C=CC(C)NC(=O)C1NCCc2ccccc21. The maximum atomic E-state index is 12.1. The minimum atomic E-state index is -0.234. The van der Waals surface area contributed by atoms with Crippen LogP contribution >= 0.6 is 0 Å². The van der Waals surface area contributed by atoms with Crippen molar-refractivity contribution in [3.8, 4) is 0 Å². The van der Waals surface area contributed by atoms with Gasteiger partial charge in [-0.25, -0.2) is 0 Å². The third-order valence-corrected chi connectivity index (χ3v) is 3.09. The van der Waals surface area contributed by atoms with Crippen LogP contribution in [0.15, 0.2) is 36.9 Å². The van der Waals surface area contributed by atoms with Crippen molar-refractivity contribution in [3.63, 3.8) is 0 Å². The van der Waals surface area contributed by atoms with E-state index in [2.05, 4.69) is 23.3 Å². The van der Waals surface area contributed by atoms with Gasteiger partial charge in [-0.2, -0.15) is 0 Å². The lowest BCUT2D eigenvalue weighted by Gasteiger charge is -2.26. The molecule has 1 aliphatic heterocycles. The highest BCUT2D eigenvalue weighted by atomic mass is 16.2. The maximum absolute atomic E-state index is 12.1. The second-order valence-electron chi connectivity index (χ2n) is 4.37. The Balaban J connectivity index is 2.18. The molecule has 1 aromatic carbocycles. The summed E-state index contributed by atoms with van der Waals surface area (Å²) in [5.74, 6) is 0.0181. The molecular formula is C14H18N2O. The van der Waals surface area contributed by atoms with E-state index >= 15 is 0 Å². The van der Waals surface area contributed by atoms with Gasteiger partial charge in [0.15, 0.2) is 0 Å². The lowest BCUT2D eigenvalue weighted by atomic mass is 9.94. The summed E-state index contributed by atoms with van der Waals surface area (Å²) >= 11 is 0. The maximum Gasteiger partial charge on any atom is 0.242 e. The first-order valence-corrected chi connectivity index (χ1v) is 5.96. The van der Waals surface area contributed by atoms with Gasteiger partial charge in [0, 0.05) is 12.6 Å². The summed E-state index contributed by atoms with van der Waals surface area (Å²) < 4.78 is 0. The Kier molecular flexibility index (Phi) is 3.59. The fourth-order valence-electron chi connectivity index (χ4n) is 2.11. The number of fused-ring (bicyclic) bond motifs is 1. The molecule has 0 saturated heterocycles. The van der Waals surface area contributed by atoms with E-state index < -0.39 is 0 Å². The zero-order valence-electron chi connectivity index (χ0n) is 10.1. The largest absolute Gasteiger partial charge is 0.349 e. The van der Waals surface area contributed by atoms with Crippen molar-refractivity contribution in [3.05, 3.63) is 48.0 Å². The molecule has 0 aromatic heterocycles. The van der Waals surface area contributed by atoms with Gasteiger partial charge in [-0.15, -0.1) is 6.58 Å². The highest BCUT2D eigenvalue weighted by Crippen LogP contribution is 2.22. The van der Waals surface area contributed by atoms with E-state index in [1.54, 1.807) is 6.08 Å². The Hall–Kier alpha value is -1.61. The van der Waals surface area contributed by atoms with Gasteiger partial charge in [0.2, 0.25) is 5.91 Å². The van der Waals surface area contributed by atoms with E-state index in [-0.39, 0.29) is 18.0 Å². The van der Waals surface area contributed by atoms with Crippen LogP contribution in [0.2, 0.25) is 0 Å². The highest BCUT2D eigenvalue weighted by Gasteiger charge is 2.25. The normalized spacial score (nSPS) is 20.2. The number of carbonyl (C=O) groups is 1. The quantitative estimate of drug-likeness (QED) is 0.774. The molecule has 1 heterocycles. The first-order chi connectivity index (χ1) is 8.22. The summed E-state index contributed by atoms with van der Waals surface area (Å²) in [5.41, 5.74) is 2.35. The van der Waals surface area contributed by atoms with Crippen LogP contribution in [0.4, 0.5) is 0 Å². The molecule has 0 spiro atoms. The van der Waals surface area contributed by atoms with Crippen molar-refractivity contribution in [2.24, 2.45) is 0 Å². The number of rotatable bonds is 3. The molecule has 1 amide bonds. The second kappa shape index (κ2) is 5.15. The van der Waals surface area contributed by atoms with E-state index in [4.69, 9.17) is 0 Å². The molecular weight excluding hydrogens is 212 g/mol. The Labute approximate surface area is 102 Å². The van der Waals surface area contributed by atoms with Gasteiger partial charge in [-0.1, -0.05) is 30.3 Å². The van der Waals surface area contributed by atoms with Crippen LogP contribution in [0.25, 0.3) is 0 Å². The smallest absolute Gasteiger partial charge is 0.242 e. The van der Waals surface area contributed by atoms with Gasteiger partial charge in [0.25, 0.3) is 0 Å². The van der Waals surface area contributed by atoms with Gasteiger partial charge in [-0.05, 0) is 24.5 Å². The molecule has 1 aromatic rings. The number of hydrogen-bond donors (Lipinski definition) is 2. The van der Waals surface area contributed by atoms with Crippen LogP contribution in [0, 0.1) is 0 Å². The van der Waals surface area contributed by atoms with E-state index in [1.165, 1.54) is 5.56 Å². The minimum Gasteiger partial charge on any atom is -0.349 e. The highest BCUT2D eigenvalue weighted by molar-refractivity contribution is 5.84. The van der Waals surface area contributed by atoms with Crippen molar-refractivity contribution >= 4 is 5.91 Å². The van der Waals surface area contributed by atoms with E-state index in [0.29, 0.717) is 0 Å². The second-order valence-corrected chi connectivity index (χ2v) is 4.37. The number of carbonyl (C=O) groups excluding carboxylic acids is 1. The summed E-state index contributed by atoms with van der Waals surface area (Å²) in [6.45, 7) is 6.43. The van der Waals surface area contributed by atoms with Crippen molar-refractivity contribution in [1.82, 2.24) is 10.6 Å². The standard InChI is InChI=1S/C14H18N2O/c1-3-10(2)16-14(17)13-12-7-5-4-6-11(12)8-9-15-13/h3-7,10,13,15H,1,8-9H2,2H3,(H,16,17). The molecule has 2 atom stereocenters. The van der Waals surface area contributed by atoms with Crippen molar-refractivity contribution in [2.45, 2.75) is 25.4 Å². The number of amides is 1. The Bertz CT molecular complexity index is 428. The molecule has 17 heavy (non-hydrogen) atoms. The Morgan fingerprint density at radius 3 is 3.12 bits per heavy atom. The molecule has 3 heteroatoms. The van der Waals surface area contributed by atoms with Gasteiger partial charge < -0.3 is 10.6 Å². The van der Waals surface area contributed by atoms with Crippen LogP contribution in [0.1, 0.15) is 24.1 Å². The fraction of sp³-hybridized carbons (Fsp3) is 0.357. The third-order valence-electron chi connectivity index (χ3n) is 3.09. The molecule has 0 radical (unpaired) electrons. The minimum absolute atomic E-state index is 0.00149. The first-order valence-electron chi connectivity index (χ1n) is 5.96. The zero-order valence-corrected chi connectivity index (χ0v) is 10.1. The molecule has 90 valence electrons. The van der Waals surface area contributed by atoms with Crippen molar-refractivity contribution < 1.29 is 4.79 Å².